The minimum atomic E-state index is -0.809. The van der Waals surface area contributed by atoms with Crippen molar-refractivity contribution in [3.63, 3.8) is 0 Å². The fourth-order valence-corrected chi connectivity index (χ4v) is 2.98. The van der Waals surface area contributed by atoms with Gasteiger partial charge in [0.25, 0.3) is 0 Å². The van der Waals surface area contributed by atoms with Gasteiger partial charge in [-0.05, 0) is 92.2 Å². The van der Waals surface area contributed by atoms with Crippen LogP contribution in [0.1, 0.15) is 120 Å². The van der Waals surface area contributed by atoms with E-state index in [1.807, 2.05) is 27.7 Å². The molecule has 0 fully saturated rings. The Hall–Kier alpha value is -3.30. The summed E-state index contributed by atoms with van der Waals surface area (Å²) in [6, 6.07) is 6.83. The van der Waals surface area contributed by atoms with Crippen molar-refractivity contribution in [2.24, 2.45) is 0 Å². The second-order valence-corrected chi connectivity index (χ2v) is 12.9. The number of amides is 4. The molecular formula is C32H52N2O8. The molecule has 0 bridgehead atoms. The van der Waals surface area contributed by atoms with Crippen molar-refractivity contribution in [3.8, 4) is 0 Å². The molecular weight excluding hydrogens is 540 g/mol. The van der Waals surface area contributed by atoms with E-state index in [9.17, 15) is 19.2 Å². The van der Waals surface area contributed by atoms with Crippen LogP contribution in [0.2, 0.25) is 0 Å². The van der Waals surface area contributed by atoms with Gasteiger partial charge < -0.3 is 18.9 Å². The van der Waals surface area contributed by atoms with Crippen molar-refractivity contribution in [2.45, 2.75) is 144 Å². The van der Waals surface area contributed by atoms with E-state index in [4.69, 9.17) is 18.9 Å². The van der Waals surface area contributed by atoms with Gasteiger partial charge in [-0.15, -0.1) is 0 Å². The van der Waals surface area contributed by atoms with Crippen molar-refractivity contribution in [2.75, 3.05) is 0 Å². The molecule has 42 heavy (non-hydrogen) atoms. The van der Waals surface area contributed by atoms with E-state index in [-0.39, 0.29) is 13.1 Å². The largest absolute Gasteiger partial charge is 0.443 e. The van der Waals surface area contributed by atoms with Gasteiger partial charge in [0, 0.05) is 0 Å². The van der Waals surface area contributed by atoms with Crippen LogP contribution < -0.4 is 0 Å². The van der Waals surface area contributed by atoms with E-state index in [1.165, 1.54) is 0 Å². The average molecular weight is 593 g/mol. The van der Waals surface area contributed by atoms with E-state index in [1.54, 1.807) is 79.7 Å². The predicted octanol–water partition coefficient (Wildman–Crippen LogP) is 8.59. The van der Waals surface area contributed by atoms with Crippen LogP contribution in [0.3, 0.4) is 0 Å². The molecule has 0 N–H and O–H groups in total. The lowest BCUT2D eigenvalue weighted by molar-refractivity contribution is -0.0147. The highest BCUT2D eigenvalue weighted by Crippen LogP contribution is 2.23. The molecule has 0 atom stereocenters. The van der Waals surface area contributed by atoms with Crippen molar-refractivity contribution < 1.29 is 38.1 Å². The standard InChI is InChI=1S/C32H52N2O8/c1-13-29(5,6)39-25(35)33(26(36)40-30(7,8)14-2)21-23-17-19-24(20-18-23)22-34(27(37)41-31(9,10)15-3)28(38)42-32(11,12)16-4/h17-20H,13-16,21-22H2,1-12H3. The number of nitrogens with zero attached hydrogens (tertiary/aromatic N) is 2. The summed E-state index contributed by atoms with van der Waals surface area (Å²) in [7, 11) is 0. The second kappa shape index (κ2) is 14.7. The smallest absolute Gasteiger partial charge is 0.420 e. The Bertz CT molecular complexity index is 931. The molecule has 1 aromatic rings. The zero-order chi connectivity index (χ0) is 32.5. The Morgan fingerprint density at radius 3 is 0.833 bits per heavy atom. The Morgan fingerprint density at radius 2 is 0.667 bits per heavy atom. The Balaban J connectivity index is 3.26. The first-order valence-corrected chi connectivity index (χ1v) is 14.7. The number of rotatable bonds is 12. The highest BCUT2D eigenvalue weighted by Gasteiger charge is 2.35. The minimum absolute atomic E-state index is 0.0965. The van der Waals surface area contributed by atoms with Crippen molar-refractivity contribution in [1.82, 2.24) is 9.80 Å². The average Bonchev–Trinajstić information content (AvgIpc) is 2.89. The molecule has 238 valence electrons. The monoisotopic (exact) mass is 592 g/mol. The first-order valence-electron chi connectivity index (χ1n) is 14.7. The van der Waals surface area contributed by atoms with Gasteiger partial charge in [-0.1, -0.05) is 52.0 Å². The Morgan fingerprint density at radius 1 is 0.476 bits per heavy atom. The van der Waals surface area contributed by atoms with Crippen LogP contribution in [0.25, 0.3) is 0 Å². The molecule has 10 heteroatoms. The van der Waals surface area contributed by atoms with Crippen LogP contribution in [0.5, 0.6) is 0 Å². The van der Waals surface area contributed by atoms with Gasteiger partial charge in [0.05, 0.1) is 13.1 Å². The van der Waals surface area contributed by atoms with Gasteiger partial charge in [-0.3, -0.25) is 0 Å². The van der Waals surface area contributed by atoms with Crippen LogP contribution in [-0.4, -0.2) is 56.6 Å². The summed E-state index contributed by atoms with van der Waals surface area (Å²) in [5.41, 5.74) is -1.86. The summed E-state index contributed by atoms with van der Waals surface area (Å²) in [6.07, 6.45) is -1.00. The third kappa shape index (κ3) is 11.9. The highest BCUT2D eigenvalue weighted by atomic mass is 16.6. The summed E-state index contributed by atoms with van der Waals surface area (Å²) >= 11 is 0. The van der Waals surface area contributed by atoms with Crippen LogP contribution in [0.4, 0.5) is 19.2 Å². The molecule has 4 amide bonds. The molecule has 0 saturated heterocycles. The summed E-state index contributed by atoms with van der Waals surface area (Å²) < 4.78 is 22.4. The van der Waals surface area contributed by atoms with Gasteiger partial charge >= 0.3 is 24.4 Å². The van der Waals surface area contributed by atoms with Crippen LogP contribution in [0, 0.1) is 0 Å². The van der Waals surface area contributed by atoms with Crippen molar-refractivity contribution in [3.05, 3.63) is 35.4 Å². The molecule has 10 nitrogen and oxygen atoms in total. The molecule has 0 saturated carbocycles. The van der Waals surface area contributed by atoms with Gasteiger partial charge in [-0.25, -0.2) is 29.0 Å². The van der Waals surface area contributed by atoms with E-state index in [0.29, 0.717) is 36.8 Å². The minimum Gasteiger partial charge on any atom is -0.443 e. The first-order chi connectivity index (χ1) is 19.2. The number of ether oxygens (including phenoxy) is 4. The lowest BCUT2D eigenvalue weighted by atomic mass is 10.1. The number of hydrogen-bond donors (Lipinski definition) is 0. The second-order valence-electron chi connectivity index (χ2n) is 12.9. The lowest BCUT2D eigenvalue weighted by Crippen LogP contribution is -2.44. The predicted molar refractivity (Wildman–Crippen MR) is 161 cm³/mol. The van der Waals surface area contributed by atoms with E-state index in [0.717, 1.165) is 9.80 Å². The molecule has 0 radical (unpaired) electrons. The third-order valence-electron chi connectivity index (χ3n) is 7.45. The number of carbonyl (C=O) groups is 4. The SMILES string of the molecule is CCC(C)(C)OC(=O)N(Cc1ccc(CN(C(=O)OC(C)(C)CC)C(=O)OC(C)(C)CC)cc1)C(=O)OC(C)(C)CC. The number of hydrogen-bond acceptors (Lipinski definition) is 8. The maximum atomic E-state index is 13.1. The maximum absolute atomic E-state index is 13.1. The molecule has 1 rings (SSSR count). The maximum Gasteiger partial charge on any atom is 0.420 e. The van der Waals surface area contributed by atoms with E-state index >= 15 is 0 Å². The summed E-state index contributed by atoms with van der Waals surface area (Å²) in [4.78, 5) is 54.2. The van der Waals surface area contributed by atoms with Gasteiger partial charge in [0.1, 0.15) is 22.4 Å². The fraction of sp³-hybridized carbons (Fsp3) is 0.688. The molecule has 0 aliphatic heterocycles. The van der Waals surface area contributed by atoms with E-state index in [2.05, 4.69) is 0 Å². The van der Waals surface area contributed by atoms with Crippen molar-refractivity contribution >= 4 is 24.4 Å². The van der Waals surface area contributed by atoms with Crippen molar-refractivity contribution in [1.29, 1.82) is 0 Å². The zero-order valence-electron chi connectivity index (χ0n) is 27.7. The Kier molecular flexibility index (Phi) is 12.9. The fourth-order valence-electron chi connectivity index (χ4n) is 2.98. The van der Waals surface area contributed by atoms with E-state index < -0.39 is 46.8 Å². The molecule has 1 aromatic carbocycles. The molecule has 0 spiro atoms. The van der Waals surface area contributed by atoms with Crippen LogP contribution in [-0.2, 0) is 32.0 Å². The third-order valence-corrected chi connectivity index (χ3v) is 7.45. The van der Waals surface area contributed by atoms with Crippen LogP contribution in [0.15, 0.2) is 24.3 Å². The summed E-state index contributed by atoms with van der Waals surface area (Å²) in [5.74, 6) is 0. The Labute approximate surface area is 252 Å². The highest BCUT2D eigenvalue weighted by molar-refractivity contribution is 5.88. The van der Waals surface area contributed by atoms with Crippen LogP contribution >= 0.6 is 0 Å². The zero-order valence-corrected chi connectivity index (χ0v) is 27.7. The summed E-state index contributed by atoms with van der Waals surface area (Å²) in [5, 5.41) is 0. The van der Waals surface area contributed by atoms with Gasteiger partial charge in [0.15, 0.2) is 0 Å². The molecule has 0 unspecified atom stereocenters. The quantitative estimate of drug-likeness (QED) is 0.222. The first kappa shape index (κ1) is 36.7. The molecule has 0 aliphatic carbocycles. The molecule has 0 aliphatic rings. The van der Waals surface area contributed by atoms with Gasteiger partial charge in [-0.2, -0.15) is 0 Å². The number of imide groups is 2. The number of benzene rings is 1. The molecule has 0 aromatic heterocycles. The van der Waals surface area contributed by atoms with Gasteiger partial charge in [0.2, 0.25) is 0 Å². The normalized spacial score (nSPS) is 12.3. The molecule has 0 heterocycles. The topological polar surface area (TPSA) is 112 Å². The summed E-state index contributed by atoms with van der Waals surface area (Å²) in [6.45, 7) is 21.5. The lowest BCUT2D eigenvalue weighted by Gasteiger charge is -2.31. The number of carbonyl (C=O) groups excluding carboxylic acids is 4.